The average Bonchev–Trinajstić information content (AvgIpc) is 2.75. The summed E-state index contributed by atoms with van der Waals surface area (Å²) in [6.07, 6.45) is 3.60. The van der Waals surface area contributed by atoms with E-state index in [1.165, 1.54) is 12.1 Å². The van der Waals surface area contributed by atoms with Crippen molar-refractivity contribution in [2.75, 3.05) is 0 Å². The second-order valence-electron chi connectivity index (χ2n) is 3.60. The molecule has 0 bridgehead atoms. The van der Waals surface area contributed by atoms with Crippen LogP contribution in [0.5, 0.6) is 11.5 Å². The van der Waals surface area contributed by atoms with Crippen LogP contribution in [0.4, 0.5) is 5.69 Å². The van der Waals surface area contributed by atoms with Crippen molar-refractivity contribution in [1.82, 2.24) is 4.57 Å². The molecule has 6 heteroatoms. The van der Waals surface area contributed by atoms with Gasteiger partial charge in [-0.25, -0.2) is 0 Å². The maximum absolute atomic E-state index is 10.7. The van der Waals surface area contributed by atoms with Crippen LogP contribution in [-0.4, -0.2) is 19.7 Å². The van der Waals surface area contributed by atoms with Gasteiger partial charge in [0.05, 0.1) is 4.92 Å². The van der Waals surface area contributed by atoms with Gasteiger partial charge in [-0.3, -0.25) is 10.1 Å². The number of hydrogen-bond acceptors (Lipinski definition) is 4. The molecule has 0 spiro atoms. The highest BCUT2D eigenvalue weighted by molar-refractivity contribution is 5.56. The summed E-state index contributed by atoms with van der Waals surface area (Å²) in [6.45, 7) is 0.391. The van der Waals surface area contributed by atoms with Crippen LogP contribution in [0.2, 0.25) is 0 Å². The minimum atomic E-state index is -0.728. The summed E-state index contributed by atoms with van der Waals surface area (Å²) in [5.41, 5.74) is 0.0513. The molecule has 0 saturated heterocycles. The van der Waals surface area contributed by atoms with Gasteiger partial charge in [0.25, 0.3) is 0 Å². The highest BCUT2D eigenvalue weighted by atomic mass is 16.6. The van der Waals surface area contributed by atoms with Crippen molar-refractivity contribution in [3.63, 3.8) is 0 Å². The minimum absolute atomic E-state index is 0.391. The van der Waals surface area contributed by atoms with E-state index in [9.17, 15) is 20.3 Å². The maximum Gasteiger partial charge on any atom is 0.314 e. The molecule has 0 amide bonds. The van der Waals surface area contributed by atoms with E-state index < -0.39 is 22.1 Å². The van der Waals surface area contributed by atoms with Crippen LogP contribution < -0.4 is 0 Å². The molecule has 17 heavy (non-hydrogen) atoms. The Morgan fingerprint density at radius 2 is 1.88 bits per heavy atom. The number of nitro groups is 1. The van der Waals surface area contributed by atoms with Gasteiger partial charge in [0.15, 0.2) is 5.75 Å². The largest absolute Gasteiger partial charge is 0.504 e. The van der Waals surface area contributed by atoms with Gasteiger partial charge in [-0.15, -0.1) is 0 Å². The highest BCUT2D eigenvalue weighted by Crippen LogP contribution is 2.36. The fourth-order valence-corrected chi connectivity index (χ4v) is 1.58. The lowest BCUT2D eigenvalue weighted by molar-refractivity contribution is -0.386. The number of nitrogens with zero attached hydrogens (tertiary/aromatic N) is 2. The van der Waals surface area contributed by atoms with Crippen molar-refractivity contribution in [3.05, 3.63) is 52.3 Å². The zero-order valence-corrected chi connectivity index (χ0v) is 8.78. The SMILES string of the molecule is O=[N+]([O-])c1cc(Cn2cccc2)cc(O)c1O. The number of aromatic hydroxyl groups is 2. The van der Waals surface area contributed by atoms with Crippen LogP contribution in [0.3, 0.4) is 0 Å². The summed E-state index contributed by atoms with van der Waals surface area (Å²) in [5.74, 6) is -1.19. The molecule has 1 aromatic heterocycles. The molecule has 0 aliphatic carbocycles. The van der Waals surface area contributed by atoms with E-state index >= 15 is 0 Å². The Labute approximate surface area is 96.5 Å². The number of rotatable bonds is 3. The number of phenolic OH excluding ortho intramolecular Hbond substituents is 2. The standard InChI is InChI=1S/C11H10N2O4/c14-10-6-8(7-12-3-1-2-4-12)5-9(11(10)15)13(16)17/h1-6,14-15H,7H2. The first-order valence-corrected chi connectivity index (χ1v) is 4.88. The van der Waals surface area contributed by atoms with Crippen molar-refractivity contribution >= 4 is 5.69 Å². The number of phenols is 2. The van der Waals surface area contributed by atoms with E-state index in [4.69, 9.17) is 0 Å². The Balaban J connectivity index is 2.39. The first-order chi connectivity index (χ1) is 8.08. The van der Waals surface area contributed by atoms with Gasteiger partial charge in [-0.05, 0) is 23.8 Å². The number of hydrogen-bond donors (Lipinski definition) is 2. The predicted octanol–water partition coefficient (Wildman–Crippen LogP) is 1.86. The predicted molar refractivity (Wildman–Crippen MR) is 60.0 cm³/mol. The first-order valence-electron chi connectivity index (χ1n) is 4.88. The average molecular weight is 234 g/mol. The molecule has 0 radical (unpaired) electrons. The molecule has 2 rings (SSSR count). The lowest BCUT2D eigenvalue weighted by Gasteiger charge is -2.05. The fourth-order valence-electron chi connectivity index (χ4n) is 1.58. The van der Waals surface area contributed by atoms with E-state index in [-0.39, 0.29) is 0 Å². The van der Waals surface area contributed by atoms with Gasteiger partial charge in [-0.1, -0.05) is 0 Å². The Morgan fingerprint density at radius 3 is 2.47 bits per heavy atom. The van der Waals surface area contributed by atoms with E-state index in [0.717, 1.165) is 0 Å². The molecule has 2 N–H and O–H groups in total. The number of aromatic nitrogens is 1. The van der Waals surface area contributed by atoms with Gasteiger partial charge >= 0.3 is 5.69 Å². The summed E-state index contributed by atoms with van der Waals surface area (Å²) in [7, 11) is 0. The zero-order chi connectivity index (χ0) is 12.4. The molecular weight excluding hydrogens is 224 g/mol. The molecule has 2 aromatic rings. The molecule has 0 aliphatic heterocycles. The van der Waals surface area contributed by atoms with Crippen LogP contribution >= 0.6 is 0 Å². The third-order valence-electron chi connectivity index (χ3n) is 2.36. The Hall–Kier alpha value is -2.50. The number of nitro benzene ring substituents is 1. The van der Waals surface area contributed by atoms with E-state index in [2.05, 4.69) is 0 Å². The second-order valence-corrected chi connectivity index (χ2v) is 3.60. The first kappa shape index (κ1) is 11.0. The summed E-state index contributed by atoms with van der Waals surface area (Å²) in [4.78, 5) is 9.93. The lowest BCUT2D eigenvalue weighted by atomic mass is 10.1. The summed E-state index contributed by atoms with van der Waals surface area (Å²) < 4.78 is 1.80. The molecule has 1 heterocycles. The molecule has 1 aromatic carbocycles. The van der Waals surface area contributed by atoms with Gasteiger partial charge < -0.3 is 14.8 Å². The Morgan fingerprint density at radius 1 is 1.24 bits per heavy atom. The van der Waals surface area contributed by atoms with Crippen LogP contribution in [0.15, 0.2) is 36.7 Å². The molecule has 0 unspecified atom stereocenters. The van der Waals surface area contributed by atoms with E-state index in [0.29, 0.717) is 12.1 Å². The Bertz CT molecular complexity index is 549. The van der Waals surface area contributed by atoms with Gasteiger partial charge in [0.1, 0.15) is 0 Å². The third-order valence-corrected chi connectivity index (χ3v) is 2.36. The highest BCUT2D eigenvalue weighted by Gasteiger charge is 2.18. The van der Waals surface area contributed by atoms with E-state index in [1.54, 1.807) is 17.0 Å². The van der Waals surface area contributed by atoms with Gasteiger partial charge in [0, 0.05) is 25.0 Å². The minimum Gasteiger partial charge on any atom is -0.504 e. The van der Waals surface area contributed by atoms with Crippen molar-refractivity contribution in [1.29, 1.82) is 0 Å². The summed E-state index contributed by atoms with van der Waals surface area (Å²) in [6, 6.07) is 6.21. The van der Waals surface area contributed by atoms with Crippen molar-refractivity contribution in [2.45, 2.75) is 6.54 Å². The molecule has 6 nitrogen and oxygen atoms in total. The Kier molecular flexibility index (Phi) is 2.70. The lowest BCUT2D eigenvalue weighted by Crippen LogP contribution is -1.98. The zero-order valence-electron chi connectivity index (χ0n) is 8.78. The quantitative estimate of drug-likeness (QED) is 0.482. The maximum atomic E-state index is 10.7. The summed E-state index contributed by atoms with van der Waals surface area (Å²) in [5, 5.41) is 29.4. The second kappa shape index (κ2) is 4.17. The normalized spacial score (nSPS) is 10.4. The van der Waals surface area contributed by atoms with Gasteiger partial charge in [0.2, 0.25) is 5.75 Å². The summed E-state index contributed by atoms with van der Waals surface area (Å²) >= 11 is 0. The molecule has 0 aliphatic rings. The third kappa shape index (κ3) is 2.20. The van der Waals surface area contributed by atoms with Crippen molar-refractivity contribution in [3.8, 4) is 11.5 Å². The number of benzene rings is 1. The topological polar surface area (TPSA) is 88.5 Å². The van der Waals surface area contributed by atoms with Crippen molar-refractivity contribution < 1.29 is 15.1 Å². The smallest absolute Gasteiger partial charge is 0.314 e. The molecular formula is C11H10N2O4. The monoisotopic (exact) mass is 234 g/mol. The fraction of sp³-hybridized carbons (Fsp3) is 0.0909. The van der Waals surface area contributed by atoms with Crippen LogP contribution in [-0.2, 0) is 6.54 Å². The van der Waals surface area contributed by atoms with Crippen LogP contribution in [0.25, 0.3) is 0 Å². The van der Waals surface area contributed by atoms with Gasteiger partial charge in [-0.2, -0.15) is 0 Å². The molecule has 0 fully saturated rings. The van der Waals surface area contributed by atoms with Crippen LogP contribution in [0, 0.1) is 10.1 Å². The van der Waals surface area contributed by atoms with Crippen molar-refractivity contribution in [2.24, 2.45) is 0 Å². The van der Waals surface area contributed by atoms with E-state index in [1.807, 2.05) is 12.1 Å². The molecule has 0 atom stereocenters. The molecule has 0 saturated carbocycles. The van der Waals surface area contributed by atoms with Crippen LogP contribution in [0.1, 0.15) is 5.56 Å². The molecule has 88 valence electrons.